The first-order valence-corrected chi connectivity index (χ1v) is 7.70. The van der Waals surface area contributed by atoms with Gasteiger partial charge >= 0.3 is 0 Å². The summed E-state index contributed by atoms with van der Waals surface area (Å²) in [4.78, 5) is 18.6. The molecule has 2 aromatic heterocycles. The van der Waals surface area contributed by atoms with Crippen LogP contribution in [0.2, 0.25) is 0 Å². The van der Waals surface area contributed by atoms with Gasteiger partial charge < -0.3 is 31.2 Å². The molecule has 8 heteroatoms. The summed E-state index contributed by atoms with van der Waals surface area (Å²) in [6.07, 6.45) is 2.37. The maximum atomic E-state index is 12.3. The molecule has 0 aliphatic carbocycles. The van der Waals surface area contributed by atoms with Crippen molar-refractivity contribution in [2.75, 3.05) is 14.1 Å². The highest BCUT2D eigenvalue weighted by atomic mass is 16.2. The lowest BCUT2D eigenvalue weighted by atomic mass is 10.1. The van der Waals surface area contributed by atoms with Crippen LogP contribution < -0.4 is 0 Å². The predicted molar refractivity (Wildman–Crippen MR) is 107 cm³/mol. The van der Waals surface area contributed by atoms with E-state index in [9.17, 15) is 4.79 Å². The van der Waals surface area contributed by atoms with E-state index in [2.05, 4.69) is 31.2 Å². The maximum absolute atomic E-state index is 12.3. The highest BCUT2D eigenvalue weighted by molar-refractivity contribution is 5.81. The number of carbonyl (C=O) groups excluding carboxylic acids is 1. The fraction of sp³-hybridized carbons (Fsp3) is 0.263. The van der Waals surface area contributed by atoms with Gasteiger partial charge in [0.25, 0.3) is 0 Å². The minimum absolute atomic E-state index is 0. The van der Waals surface area contributed by atoms with Gasteiger partial charge in [-0.2, -0.15) is 0 Å². The lowest BCUT2D eigenvalue weighted by Crippen LogP contribution is -2.24. The van der Waals surface area contributed by atoms with Gasteiger partial charge in [-0.1, -0.05) is 35.9 Å². The van der Waals surface area contributed by atoms with Crippen LogP contribution in [0, 0.1) is 13.8 Å². The quantitative estimate of drug-likeness (QED) is 0.623. The zero-order chi connectivity index (χ0) is 16.6. The molecule has 3 rings (SSSR count). The lowest BCUT2D eigenvalue weighted by molar-refractivity contribution is -0.128. The largest absolute Gasteiger partial charge is 0.412 e. The molecule has 0 saturated carbocycles. The van der Waals surface area contributed by atoms with Crippen molar-refractivity contribution in [1.82, 2.24) is 14.3 Å². The van der Waals surface area contributed by atoms with E-state index < -0.39 is 0 Å². The van der Waals surface area contributed by atoms with Gasteiger partial charge in [-0.3, -0.25) is 4.79 Å². The van der Waals surface area contributed by atoms with Crippen LogP contribution in [0.4, 0.5) is 0 Å². The fourth-order valence-corrected chi connectivity index (χ4v) is 2.61. The van der Waals surface area contributed by atoms with Crippen molar-refractivity contribution in [2.45, 2.75) is 20.3 Å². The molecule has 27 heavy (non-hydrogen) atoms. The van der Waals surface area contributed by atoms with E-state index >= 15 is 0 Å². The van der Waals surface area contributed by atoms with Crippen LogP contribution in [0.1, 0.15) is 16.8 Å². The zero-order valence-electron chi connectivity index (χ0n) is 16.0. The van der Waals surface area contributed by atoms with E-state index in [1.54, 1.807) is 19.0 Å². The number of hydrogen-bond acceptors (Lipinski definition) is 2. The summed E-state index contributed by atoms with van der Waals surface area (Å²) in [6, 6.07) is 12.3. The Morgan fingerprint density at radius 2 is 1.48 bits per heavy atom. The summed E-state index contributed by atoms with van der Waals surface area (Å²) in [5.41, 5.74) is 6.08. The van der Waals surface area contributed by atoms with Crippen LogP contribution >= 0.6 is 0 Å². The average molecular weight is 379 g/mol. The van der Waals surface area contributed by atoms with Crippen LogP contribution in [0.5, 0.6) is 0 Å². The van der Waals surface area contributed by atoms with Crippen LogP contribution in [0.25, 0.3) is 16.9 Å². The number of aryl methyl sites for hydroxylation is 2. The summed E-state index contributed by atoms with van der Waals surface area (Å²) in [5.74, 6) is 0.0710. The van der Waals surface area contributed by atoms with E-state index in [1.165, 1.54) is 5.56 Å². The Bertz CT molecular complexity index is 873. The van der Waals surface area contributed by atoms with E-state index in [0.717, 1.165) is 28.2 Å². The maximum Gasteiger partial charge on any atom is 0.228 e. The second kappa shape index (κ2) is 10.4. The Labute approximate surface area is 158 Å². The van der Waals surface area contributed by atoms with Crippen LogP contribution in [-0.4, -0.2) is 56.2 Å². The Morgan fingerprint density at radius 3 is 2.04 bits per heavy atom. The molecular weight excluding hydrogens is 350 g/mol. The fourth-order valence-electron chi connectivity index (χ4n) is 2.61. The van der Waals surface area contributed by atoms with Gasteiger partial charge in [-0.25, -0.2) is 4.98 Å². The van der Waals surface area contributed by atoms with Gasteiger partial charge in [0.2, 0.25) is 5.91 Å². The monoisotopic (exact) mass is 379 g/mol. The summed E-state index contributed by atoms with van der Waals surface area (Å²) >= 11 is 0. The number of pyridine rings is 1. The molecule has 0 unspecified atom stereocenters. The standard InChI is InChI=1S/C19H21N3O.4H2O/c1-13-5-8-15(9-6-13)19-16(11-18(23)21(3)4)22-12-14(2)7-10-17(22)20-19;;;;/h5-10,12H,11H2,1-4H3;4*1H2. The Balaban J connectivity index is 0. The third-order valence-corrected chi connectivity index (χ3v) is 4.01. The molecule has 0 spiro atoms. The van der Waals surface area contributed by atoms with Crippen molar-refractivity contribution in [3.8, 4) is 11.3 Å². The first kappa shape index (κ1) is 26.4. The molecule has 0 fully saturated rings. The number of benzene rings is 1. The summed E-state index contributed by atoms with van der Waals surface area (Å²) in [7, 11) is 3.56. The topological polar surface area (TPSA) is 164 Å². The Hall–Kier alpha value is -2.78. The number of carbonyl (C=O) groups is 1. The number of likely N-dealkylation sites (N-methyl/N-ethyl adjacent to an activating group) is 1. The van der Waals surface area contributed by atoms with Gasteiger partial charge in [0.15, 0.2) is 0 Å². The Kier molecular flexibility index (Phi) is 10.2. The van der Waals surface area contributed by atoms with Gasteiger partial charge in [0.05, 0.1) is 17.8 Å². The van der Waals surface area contributed by atoms with Crippen molar-refractivity contribution >= 4 is 11.6 Å². The Morgan fingerprint density at radius 1 is 0.926 bits per heavy atom. The molecule has 3 aromatic rings. The van der Waals surface area contributed by atoms with Crippen LogP contribution in [-0.2, 0) is 11.2 Å². The minimum atomic E-state index is 0. The van der Waals surface area contributed by atoms with Crippen molar-refractivity contribution in [2.24, 2.45) is 0 Å². The molecule has 0 saturated heterocycles. The van der Waals surface area contributed by atoms with Gasteiger partial charge in [0, 0.05) is 25.9 Å². The lowest BCUT2D eigenvalue weighted by Gasteiger charge is -2.11. The van der Waals surface area contributed by atoms with Crippen molar-refractivity contribution in [3.63, 3.8) is 0 Å². The van der Waals surface area contributed by atoms with E-state index in [4.69, 9.17) is 4.98 Å². The average Bonchev–Trinajstić information content (AvgIpc) is 2.86. The second-order valence-corrected chi connectivity index (χ2v) is 6.17. The third-order valence-electron chi connectivity index (χ3n) is 4.01. The van der Waals surface area contributed by atoms with Gasteiger partial charge in [-0.15, -0.1) is 0 Å². The van der Waals surface area contributed by atoms with Crippen LogP contribution in [0.3, 0.4) is 0 Å². The number of amides is 1. The minimum Gasteiger partial charge on any atom is -0.412 e. The molecule has 0 radical (unpaired) electrons. The third kappa shape index (κ3) is 5.35. The molecule has 150 valence electrons. The number of fused-ring (bicyclic) bond motifs is 1. The number of hydrogen-bond donors (Lipinski definition) is 0. The van der Waals surface area contributed by atoms with Gasteiger partial charge in [-0.05, 0) is 25.5 Å². The van der Waals surface area contributed by atoms with E-state index in [0.29, 0.717) is 6.42 Å². The molecule has 0 aliphatic rings. The van der Waals surface area contributed by atoms with E-state index in [-0.39, 0.29) is 27.8 Å². The number of rotatable bonds is 3. The molecular formula is C19H29N3O5. The van der Waals surface area contributed by atoms with Crippen molar-refractivity contribution < 1.29 is 26.7 Å². The van der Waals surface area contributed by atoms with Crippen molar-refractivity contribution in [1.29, 1.82) is 0 Å². The summed E-state index contributed by atoms with van der Waals surface area (Å²) < 4.78 is 2.03. The summed E-state index contributed by atoms with van der Waals surface area (Å²) in [6.45, 7) is 4.11. The molecule has 0 atom stereocenters. The molecule has 8 N–H and O–H groups in total. The smallest absolute Gasteiger partial charge is 0.228 e. The molecule has 0 aliphatic heterocycles. The number of imidazole rings is 1. The number of aromatic nitrogens is 2. The van der Waals surface area contributed by atoms with Crippen molar-refractivity contribution in [3.05, 3.63) is 59.4 Å². The molecule has 1 aromatic carbocycles. The van der Waals surface area contributed by atoms with Gasteiger partial charge in [0.1, 0.15) is 5.65 Å². The summed E-state index contributed by atoms with van der Waals surface area (Å²) in [5, 5.41) is 0. The second-order valence-electron chi connectivity index (χ2n) is 6.17. The zero-order valence-corrected chi connectivity index (χ0v) is 16.0. The SMILES string of the molecule is Cc1ccc(-c2nc3ccc(C)cn3c2CC(=O)N(C)C)cc1.O.O.O.O. The number of nitrogens with zero attached hydrogens (tertiary/aromatic N) is 3. The van der Waals surface area contributed by atoms with Crippen LogP contribution in [0.15, 0.2) is 42.6 Å². The molecule has 1 amide bonds. The highest BCUT2D eigenvalue weighted by Crippen LogP contribution is 2.26. The predicted octanol–water partition coefficient (Wildman–Crippen LogP) is -0.0500. The molecule has 8 nitrogen and oxygen atoms in total. The first-order chi connectivity index (χ1) is 11.0. The molecule has 2 heterocycles. The normalized spacial score (nSPS) is 9.33. The van der Waals surface area contributed by atoms with E-state index in [1.807, 2.05) is 29.7 Å². The highest BCUT2D eigenvalue weighted by Gasteiger charge is 2.18. The first-order valence-electron chi connectivity index (χ1n) is 7.70. The molecule has 0 bridgehead atoms.